The third kappa shape index (κ3) is 11.1. The minimum absolute atomic E-state index is 0. The Bertz CT molecular complexity index is 2010. The van der Waals surface area contributed by atoms with Gasteiger partial charge in [-0.25, -0.2) is 8.78 Å². The van der Waals surface area contributed by atoms with E-state index in [0.717, 1.165) is 49.8 Å². The highest BCUT2D eigenvalue weighted by Crippen LogP contribution is 2.35. The van der Waals surface area contributed by atoms with Crippen LogP contribution in [0.25, 0.3) is 0 Å². The summed E-state index contributed by atoms with van der Waals surface area (Å²) in [6.07, 6.45) is 5.71. The van der Waals surface area contributed by atoms with E-state index in [1.165, 1.54) is 57.6 Å². The van der Waals surface area contributed by atoms with Gasteiger partial charge in [-0.2, -0.15) is 0 Å². The number of aryl methyl sites for hydroxylation is 2. The maximum Gasteiger partial charge on any atom is 0.141 e. The van der Waals surface area contributed by atoms with Crippen molar-refractivity contribution in [3.63, 3.8) is 0 Å². The Kier molecular flexibility index (Phi) is 15.0. The fourth-order valence-electron chi connectivity index (χ4n) is 7.47. The van der Waals surface area contributed by atoms with Crippen LogP contribution in [0.1, 0.15) is 76.6 Å². The molecule has 8 rings (SSSR count). The molecule has 0 spiro atoms. The van der Waals surface area contributed by atoms with E-state index in [-0.39, 0.29) is 25.0 Å². The monoisotopic (exact) mass is 722 g/mol. The number of nitrogens with two attached hydrogens (primary N) is 1. The van der Waals surface area contributed by atoms with Gasteiger partial charge in [0.15, 0.2) is 0 Å². The molecule has 0 saturated carbocycles. The number of carbonyl (C=O) groups is 1. The molecule has 0 aliphatic heterocycles. The summed E-state index contributed by atoms with van der Waals surface area (Å²) in [4.78, 5) is 12.2. The first-order valence-electron chi connectivity index (χ1n) is 18.7. The van der Waals surface area contributed by atoms with Crippen molar-refractivity contribution in [2.75, 3.05) is 0 Å². The highest BCUT2D eigenvalue weighted by atomic mass is 19.1. The van der Waals surface area contributed by atoms with Crippen LogP contribution in [0.2, 0.25) is 0 Å². The number of ketones is 1. The predicted molar refractivity (Wildman–Crippen MR) is 218 cm³/mol. The Balaban J connectivity index is 0.000000173. The molecule has 0 aromatic heterocycles. The van der Waals surface area contributed by atoms with Crippen LogP contribution in [0, 0.1) is 11.6 Å². The molecule has 2 aliphatic rings. The van der Waals surface area contributed by atoms with Gasteiger partial charge in [0.25, 0.3) is 0 Å². The largest absolute Gasteiger partial charge is 0.326 e. The molecule has 0 amide bonds. The summed E-state index contributed by atoms with van der Waals surface area (Å²) >= 11 is 0. The molecule has 0 saturated heterocycles. The van der Waals surface area contributed by atoms with Crippen LogP contribution >= 0.6 is 0 Å². The Morgan fingerprint density at radius 1 is 0.537 bits per heavy atom. The molecule has 3 atom stereocenters. The zero-order valence-electron chi connectivity index (χ0n) is 30.1. The minimum atomic E-state index is -0.216. The number of nitrogens with one attached hydrogen (secondary N) is 1. The summed E-state index contributed by atoms with van der Waals surface area (Å²) in [5.41, 5.74) is 15.5. The number of carbonyl (C=O) groups excluding carboxylic acids is 1. The number of halogens is 2. The van der Waals surface area contributed by atoms with E-state index < -0.39 is 0 Å². The van der Waals surface area contributed by atoms with Crippen LogP contribution < -0.4 is 11.1 Å². The first-order chi connectivity index (χ1) is 26.0. The van der Waals surface area contributed by atoms with Crippen LogP contribution in [0.15, 0.2) is 158 Å². The third-order valence-corrected chi connectivity index (χ3v) is 10.3. The molecule has 54 heavy (non-hydrogen) atoms. The molecule has 3 N–H and O–H groups in total. The van der Waals surface area contributed by atoms with Crippen molar-refractivity contribution in [3.8, 4) is 0 Å². The summed E-state index contributed by atoms with van der Waals surface area (Å²) in [5, 5.41) is 3.75. The molecule has 6 aromatic carbocycles. The number of fused-ring (bicyclic) bond motifs is 2. The lowest BCUT2D eigenvalue weighted by Crippen LogP contribution is -2.39. The first-order valence-corrected chi connectivity index (χ1v) is 18.7. The predicted octanol–water partition coefficient (Wildman–Crippen LogP) is 10.7. The maximum absolute atomic E-state index is 13.1. The van der Waals surface area contributed by atoms with Crippen molar-refractivity contribution in [2.24, 2.45) is 5.73 Å². The molecule has 0 heterocycles. The van der Waals surface area contributed by atoms with Crippen LogP contribution in [0.4, 0.5) is 8.78 Å². The lowest BCUT2D eigenvalue weighted by atomic mass is 9.76. The van der Waals surface area contributed by atoms with Gasteiger partial charge in [-0.1, -0.05) is 141 Å². The van der Waals surface area contributed by atoms with E-state index in [0.29, 0.717) is 30.7 Å². The number of hydrogen-bond acceptors (Lipinski definition) is 3. The normalized spacial score (nSPS) is 16.9. The molecular formula is C49H52F2N2O. The molecule has 0 radical (unpaired) electrons. The van der Waals surface area contributed by atoms with E-state index in [1.807, 2.05) is 36.4 Å². The summed E-state index contributed by atoms with van der Waals surface area (Å²) < 4.78 is 25.3. The summed E-state index contributed by atoms with van der Waals surface area (Å²) in [7, 11) is 0. The quantitative estimate of drug-likeness (QED) is 0.164. The zero-order valence-corrected chi connectivity index (χ0v) is 30.1. The van der Waals surface area contributed by atoms with Crippen LogP contribution in [0.3, 0.4) is 0 Å². The molecule has 6 aromatic rings. The van der Waals surface area contributed by atoms with E-state index in [2.05, 4.69) is 90.2 Å². The SMILES string of the molecule is C.Fc1ccc(CNC2CCc3ccccc3C2Cc2ccccc2)cc1.NCc1ccc(F)cc1.O=C1CCc2ccccc2C1Cc1ccccc1. The highest BCUT2D eigenvalue weighted by Gasteiger charge is 2.29. The van der Waals surface area contributed by atoms with Gasteiger partial charge in [-0.3, -0.25) is 4.79 Å². The Hall–Kier alpha value is -5.23. The number of Topliss-reactive ketones (excluding diaryl/α,β-unsaturated/α-hetero) is 1. The minimum Gasteiger partial charge on any atom is -0.326 e. The fourth-order valence-corrected chi connectivity index (χ4v) is 7.47. The second-order valence-corrected chi connectivity index (χ2v) is 13.9. The average molecular weight is 723 g/mol. The smallest absolute Gasteiger partial charge is 0.141 e. The molecule has 3 unspecified atom stereocenters. The lowest BCUT2D eigenvalue weighted by molar-refractivity contribution is -0.120. The van der Waals surface area contributed by atoms with Gasteiger partial charge >= 0.3 is 0 Å². The number of hydrogen-bond donors (Lipinski definition) is 2. The van der Waals surface area contributed by atoms with Gasteiger partial charge in [0.2, 0.25) is 0 Å². The van der Waals surface area contributed by atoms with Crippen LogP contribution in [0.5, 0.6) is 0 Å². The van der Waals surface area contributed by atoms with Gasteiger partial charge in [-0.05, 0) is 101 Å². The summed E-state index contributed by atoms with van der Waals surface area (Å²) in [6, 6.07) is 51.6. The fraction of sp³-hybridized carbons (Fsp3) is 0.245. The molecule has 0 fully saturated rings. The van der Waals surface area contributed by atoms with Crippen molar-refractivity contribution >= 4 is 5.78 Å². The Morgan fingerprint density at radius 2 is 1.04 bits per heavy atom. The van der Waals surface area contributed by atoms with Crippen molar-refractivity contribution < 1.29 is 13.6 Å². The highest BCUT2D eigenvalue weighted by molar-refractivity contribution is 5.88. The van der Waals surface area contributed by atoms with Gasteiger partial charge in [0.05, 0.1) is 0 Å². The molecule has 2 aliphatic carbocycles. The summed E-state index contributed by atoms with van der Waals surface area (Å²) in [6.45, 7) is 1.25. The molecule has 3 nitrogen and oxygen atoms in total. The Labute approximate surface area is 320 Å². The van der Waals surface area contributed by atoms with Gasteiger partial charge < -0.3 is 11.1 Å². The van der Waals surface area contributed by atoms with Crippen molar-refractivity contribution in [1.29, 1.82) is 0 Å². The lowest BCUT2D eigenvalue weighted by Gasteiger charge is -2.35. The van der Waals surface area contributed by atoms with Crippen LogP contribution in [-0.4, -0.2) is 11.8 Å². The average Bonchev–Trinajstić information content (AvgIpc) is 3.21. The van der Waals surface area contributed by atoms with Gasteiger partial charge in [0.1, 0.15) is 17.4 Å². The molecular weight excluding hydrogens is 671 g/mol. The van der Waals surface area contributed by atoms with Crippen molar-refractivity contribution in [1.82, 2.24) is 5.32 Å². The van der Waals surface area contributed by atoms with E-state index in [9.17, 15) is 13.6 Å². The third-order valence-electron chi connectivity index (χ3n) is 10.3. The number of rotatable bonds is 8. The van der Waals surface area contributed by atoms with E-state index in [1.54, 1.807) is 12.1 Å². The Morgan fingerprint density at radius 3 is 1.63 bits per heavy atom. The first kappa shape index (κ1) is 40.0. The summed E-state index contributed by atoms with van der Waals surface area (Å²) in [5.74, 6) is 0.507. The maximum atomic E-state index is 13.1. The molecule has 278 valence electrons. The van der Waals surface area contributed by atoms with Crippen molar-refractivity contribution in [2.45, 2.75) is 76.9 Å². The zero-order chi connectivity index (χ0) is 36.8. The van der Waals surface area contributed by atoms with Gasteiger partial charge in [-0.15, -0.1) is 0 Å². The topological polar surface area (TPSA) is 55.1 Å². The molecule has 5 heteroatoms. The molecule has 0 bridgehead atoms. The van der Waals surface area contributed by atoms with E-state index >= 15 is 0 Å². The van der Waals surface area contributed by atoms with Gasteiger partial charge in [0, 0.05) is 37.4 Å². The number of benzene rings is 6. The standard InChI is InChI=1S/C24H24FN.C17H16O.C7H8FN.CH4/c25-21-13-10-19(11-14-21)17-26-24-15-12-20-8-4-5-9-22(20)23(24)16-18-6-2-1-3-7-18;18-17-11-10-14-8-4-5-9-15(14)16(17)12-13-6-2-1-3-7-13;8-7-3-1-6(5-9)2-4-7;/h1-11,13-14,23-24,26H,12,15-17H2;1-9,16H,10-12H2;1-4H,5,9H2;1H4. The van der Waals surface area contributed by atoms with Crippen molar-refractivity contribution in [3.05, 3.63) is 214 Å². The second kappa shape index (κ2) is 20.3. The second-order valence-electron chi connectivity index (χ2n) is 13.9. The van der Waals surface area contributed by atoms with Crippen LogP contribution in [-0.2, 0) is 43.6 Å². The van der Waals surface area contributed by atoms with E-state index in [4.69, 9.17) is 5.73 Å².